The molecule has 2 amide bonds. The van der Waals surface area contributed by atoms with E-state index in [0.29, 0.717) is 32.7 Å². The number of rotatable bonds is 4. The van der Waals surface area contributed by atoms with Crippen molar-refractivity contribution >= 4 is 24.2 Å². The van der Waals surface area contributed by atoms with Crippen molar-refractivity contribution in [2.45, 2.75) is 12.5 Å². The van der Waals surface area contributed by atoms with Gasteiger partial charge in [0.05, 0.1) is 6.54 Å². The van der Waals surface area contributed by atoms with Crippen molar-refractivity contribution in [3.05, 3.63) is 35.9 Å². The first kappa shape index (κ1) is 19.4. The van der Waals surface area contributed by atoms with Gasteiger partial charge in [-0.2, -0.15) is 0 Å². The highest BCUT2D eigenvalue weighted by Gasteiger charge is 2.35. The second-order valence-electron chi connectivity index (χ2n) is 5.81. The minimum absolute atomic E-state index is 0. The molecule has 3 N–H and O–H groups in total. The number of hydrogen-bond donors (Lipinski definition) is 2. The van der Waals surface area contributed by atoms with E-state index in [-0.39, 0.29) is 24.2 Å². The molecule has 1 saturated heterocycles. The predicted octanol–water partition coefficient (Wildman–Crippen LogP) is 0.173. The molecule has 1 atom stereocenters. The largest absolute Gasteiger partial charge is 0.358 e. The van der Waals surface area contributed by atoms with Gasteiger partial charge in [-0.05, 0) is 12.5 Å². The predicted molar refractivity (Wildman–Crippen MR) is 92.3 cm³/mol. The van der Waals surface area contributed by atoms with Crippen LogP contribution in [0.2, 0.25) is 0 Å². The van der Waals surface area contributed by atoms with E-state index in [4.69, 9.17) is 5.73 Å². The molecule has 0 spiro atoms. The second-order valence-corrected chi connectivity index (χ2v) is 5.81. The molecule has 1 unspecified atom stereocenters. The number of carbonyl (C=O) groups is 2. The van der Waals surface area contributed by atoms with Gasteiger partial charge in [-0.3, -0.25) is 14.5 Å². The van der Waals surface area contributed by atoms with Crippen molar-refractivity contribution in [3.63, 3.8) is 0 Å². The van der Waals surface area contributed by atoms with Crippen LogP contribution in [0, 0.1) is 0 Å². The van der Waals surface area contributed by atoms with Gasteiger partial charge in [0.15, 0.2) is 0 Å². The molecule has 23 heavy (non-hydrogen) atoms. The summed E-state index contributed by atoms with van der Waals surface area (Å²) in [5.41, 5.74) is 6.07. The fourth-order valence-corrected chi connectivity index (χ4v) is 2.63. The van der Waals surface area contributed by atoms with Crippen LogP contribution in [0.3, 0.4) is 0 Å². The molecule has 1 aromatic rings. The highest BCUT2D eigenvalue weighted by atomic mass is 35.5. The Hall–Kier alpha value is -1.63. The lowest BCUT2D eigenvalue weighted by molar-refractivity contribution is -0.138. The molecular formula is C16H25ClN4O2. The third-order valence-electron chi connectivity index (χ3n) is 4.12. The Kier molecular flexibility index (Phi) is 7.00. The first-order valence-corrected chi connectivity index (χ1v) is 7.52. The van der Waals surface area contributed by atoms with Crippen LogP contribution in [0.4, 0.5) is 0 Å². The van der Waals surface area contributed by atoms with Crippen LogP contribution >= 0.6 is 12.4 Å². The van der Waals surface area contributed by atoms with Gasteiger partial charge in [-0.25, -0.2) is 0 Å². The molecular weight excluding hydrogens is 316 g/mol. The molecule has 6 nitrogen and oxygen atoms in total. The summed E-state index contributed by atoms with van der Waals surface area (Å²) in [6, 6.07) is 9.42. The molecule has 1 aromatic carbocycles. The summed E-state index contributed by atoms with van der Waals surface area (Å²) in [5.74, 6) is -0.0778. The van der Waals surface area contributed by atoms with Crippen LogP contribution in [-0.4, -0.2) is 61.4 Å². The third kappa shape index (κ3) is 4.67. The molecule has 128 valence electrons. The van der Waals surface area contributed by atoms with E-state index < -0.39 is 5.54 Å². The Balaban J connectivity index is 0.00000264. The van der Waals surface area contributed by atoms with Gasteiger partial charge >= 0.3 is 0 Å². The molecule has 7 heteroatoms. The standard InChI is InChI=1S/C16H24N4O2.ClH/c1-16(17,13-6-4-3-5-7-13)15(22)20-10-8-19(9-11-20)12-14(21)18-2;/h3-7H,8-12,17H2,1-2H3,(H,18,21);1H. The third-order valence-corrected chi connectivity index (χ3v) is 4.12. The number of benzene rings is 1. The Labute approximate surface area is 143 Å². The first-order chi connectivity index (χ1) is 10.4. The number of nitrogens with two attached hydrogens (primary N) is 1. The average molecular weight is 341 g/mol. The zero-order valence-electron chi connectivity index (χ0n) is 13.6. The molecule has 0 saturated carbocycles. The second kappa shape index (κ2) is 8.29. The van der Waals surface area contributed by atoms with Crippen LogP contribution in [0.25, 0.3) is 0 Å². The van der Waals surface area contributed by atoms with E-state index in [9.17, 15) is 9.59 Å². The van der Waals surface area contributed by atoms with Gasteiger partial charge in [0.25, 0.3) is 0 Å². The van der Waals surface area contributed by atoms with Crippen molar-refractivity contribution in [2.24, 2.45) is 5.73 Å². The van der Waals surface area contributed by atoms with Crippen LogP contribution in [0.1, 0.15) is 12.5 Å². The number of halogens is 1. The number of nitrogens with zero attached hydrogens (tertiary/aromatic N) is 2. The Bertz CT molecular complexity index is 528. The Morgan fingerprint density at radius 1 is 1.17 bits per heavy atom. The topological polar surface area (TPSA) is 78.7 Å². The van der Waals surface area contributed by atoms with Gasteiger partial charge in [-0.15, -0.1) is 12.4 Å². The van der Waals surface area contributed by atoms with Gasteiger partial charge < -0.3 is 16.0 Å². The average Bonchev–Trinajstić information content (AvgIpc) is 2.55. The SMILES string of the molecule is CNC(=O)CN1CCN(C(=O)C(C)(N)c2ccccc2)CC1.Cl. The minimum Gasteiger partial charge on any atom is -0.358 e. The molecule has 2 rings (SSSR count). The number of carbonyl (C=O) groups excluding carboxylic acids is 2. The summed E-state index contributed by atoms with van der Waals surface area (Å²) in [6.07, 6.45) is 0. The molecule has 0 radical (unpaired) electrons. The molecule has 1 fully saturated rings. The van der Waals surface area contributed by atoms with Crippen molar-refractivity contribution in [1.82, 2.24) is 15.1 Å². The van der Waals surface area contributed by atoms with Crippen LogP contribution < -0.4 is 11.1 Å². The number of hydrogen-bond acceptors (Lipinski definition) is 4. The van der Waals surface area contributed by atoms with Gasteiger partial charge in [0.2, 0.25) is 11.8 Å². The highest BCUT2D eigenvalue weighted by Crippen LogP contribution is 2.21. The van der Waals surface area contributed by atoms with E-state index in [1.54, 1.807) is 18.9 Å². The summed E-state index contributed by atoms with van der Waals surface area (Å²) in [7, 11) is 1.63. The fourth-order valence-electron chi connectivity index (χ4n) is 2.63. The maximum atomic E-state index is 12.7. The molecule has 0 aliphatic carbocycles. The lowest BCUT2D eigenvalue weighted by Gasteiger charge is -2.38. The highest BCUT2D eigenvalue weighted by molar-refractivity contribution is 5.87. The van der Waals surface area contributed by atoms with Gasteiger partial charge in [0, 0.05) is 33.2 Å². The monoisotopic (exact) mass is 340 g/mol. The van der Waals surface area contributed by atoms with Crippen molar-refractivity contribution in [1.29, 1.82) is 0 Å². The molecule has 1 heterocycles. The van der Waals surface area contributed by atoms with Crippen LogP contribution in [0.5, 0.6) is 0 Å². The summed E-state index contributed by atoms with van der Waals surface area (Å²) >= 11 is 0. The number of likely N-dealkylation sites (N-methyl/N-ethyl adjacent to an activating group) is 1. The van der Waals surface area contributed by atoms with E-state index >= 15 is 0 Å². The summed E-state index contributed by atoms with van der Waals surface area (Å²) in [6.45, 7) is 4.68. The number of amides is 2. The lowest BCUT2D eigenvalue weighted by atomic mass is 9.91. The maximum absolute atomic E-state index is 12.7. The van der Waals surface area contributed by atoms with Crippen molar-refractivity contribution in [3.8, 4) is 0 Å². The normalized spacial score (nSPS) is 17.8. The summed E-state index contributed by atoms with van der Waals surface area (Å²) in [5, 5.41) is 2.61. The van der Waals surface area contributed by atoms with E-state index in [1.165, 1.54) is 0 Å². The zero-order chi connectivity index (χ0) is 16.2. The van der Waals surface area contributed by atoms with E-state index in [0.717, 1.165) is 5.56 Å². The molecule has 0 bridgehead atoms. The fraction of sp³-hybridized carbons (Fsp3) is 0.500. The molecule has 0 aromatic heterocycles. The van der Waals surface area contributed by atoms with E-state index in [2.05, 4.69) is 5.32 Å². The maximum Gasteiger partial charge on any atom is 0.247 e. The van der Waals surface area contributed by atoms with E-state index in [1.807, 2.05) is 35.2 Å². The lowest BCUT2D eigenvalue weighted by Crippen LogP contribution is -2.57. The smallest absolute Gasteiger partial charge is 0.247 e. The van der Waals surface area contributed by atoms with Gasteiger partial charge in [0.1, 0.15) is 5.54 Å². The quantitative estimate of drug-likeness (QED) is 0.819. The summed E-state index contributed by atoms with van der Waals surface area (Å²) < 4.78 is 0. The number of piperazine rings is 1. The van der Waals surface area contributed by atoms with Crippen LogP contribution in [-0.2, 0) is 15.1 Å². The van der Waals surface area contributed by atoms with Crippen molar-refractivity contribution in [2.75, 3.05) is 39.8 Å². The molecule has 1 aliphatic heterocycles. The molecule has 1 aliphatic rings. The van der Waals surface area contributed by atoms with Gasteiger partial charge in [-0.1, -0.05) is 30.3 Å². The number of nitrogens with one attached hydrogen (secondary N) is 1. The van der Waals surface area contributed by atoms with Crippen LogP contribution in [0.15, 0.2) is 30.3 Å². The Morgan fingerprint density at radius 3 is 2.26 bits per heavy atom. The first-order valence-electron chi connectivity index (χ1n) is 7.52. The zero-order valence-corrected chi connectivity index (χ0v) is 14.4. The minimum atomic E-state index is -1.02. The Morgan fingerprint density at radius 2 is 1.74 bits per heavy atom. The van der Waals surface area contributed by atoms with Crippen molar-refractivity contribution < 1.29 is 9.59 Å². The summed E-state index contributed by atoms with van der Waals surface area (Å²) in [4.78, 5) is 27.9.